The van der Waals surface area contributed by atoms with E-state index in [1.54, 1.807) is 32.9 Å². The molecule has 7 atom stereocenters. The molecule has 1 heterocycles. The summed E-state index contributed by atoms with van der Waals surface area (Å²) >= 11 is 0. The Hall–Kier alpha value is -2.15. The van der Waals surface area contributed by atoms with E-state index in [1.807, 2.05) is 0 Å². The summed E-state index contributed by atoms with van der Waals surface area (Å²) in [7, 11) is 0. The molecule has 0 amide bonds. The van der Waals surface area contributed by atoms with Gasteiger partial charge in [-0.1, -0.05) is 19.1 Å². The largest absolute Gasteiger partial charge is 0.461 e. The number of carbonyl (C=O) groups is 3. The molecule has 0 aromatic heterocycles. The molecular formula is C19H24O7. The zero-order valence-electron chi connectivity index (χ0n) is 15.5. The number of hydrogen-bond acceptors (Lipinski definition) is 7. The lowest BCUT2D eigenvalue weighted by Crippen LogP contribution is -2.48. The molecule has 1 aliphatic heterocycles. The minimum Gasteiger partial charge on any atom is -0.461 e. The van der Waals surface area contributed by atoms with Gasteiger partial charge in [0, 0.05) is 13.8 Å². The highest BCUT2D eigenvalue weighted by Crippen LogP contribution is 2.50. The molecule has 0 spiro atoms. The van der Waals surface area contributed by atoms with Crippen molar-refractivity contribution in [1.29, 1.82) is 0 Å². The third-order valence-corrected chi connectivity index (χ3v) is 5.63. The summed E-state index contributed by atoms with van der Waals surface area (Å²) in [6.45, 7) is 7.70. The molecule has 1 fully saturated rings. The van der Waals surface area contributed by atoms with Crippen LogP contribution in [0.3, 0.4) is 0 Å². The maximum Gasteiger partial charge on any atom is 0.309 e. The second-order valence-electron chi connectivity index (χ2n) is 7.55. The van der Waals surface area contributed by atoms with E-state index >= 15 is 0 Å². The lowest BCUT2D eigenvalue weighted by molar-refractivity contribution is -0.165. The van der Waals surface area contributed by atoms with Gasteiger partial charge in [-0.15, -0.1) is 0 Å². The van der Waals surface area contributed by atoms with Gasteiger partial charge in [0.25, 0.3) is 0 Å². The number of esters is 3. The third-order valence-electron chi connectivity index (χ3n) is 5.63. The van der Waals surface area contributed by atoms with E-state index in [9.17, 15) is 19.5 Å². The first-order valence-electron chi connectivity index (χ1n) is 8.71. The second-order valence-corrected chi connectivity index (χ2v) is 7.55. The minimum atomic E-state index is -1.27. The molecule has 2 aliphatic carbocycles. The number of ether oxygens (including phenoxy) is 3. The zero-order chi connectivity index (χ0) is 19.4. The summed E-state index contributed by atoms with van der Waals surface area (Å²) in [5.41, 5.74) is 0.161. The second kappa shape index (κ2) is 6.23. The molecular weight excluding hydrogens is 340 g/mol. The van der Waals surface area contributed by atoms with E-state index in [0.717, 1.165) is 5.57 Å². The number of allylic oxidation sites excluding steroid dienone is 1. The van der Waals surface area contributed by atoms with Gasteiger partial charge < -0.3 is 19.3 Å². The third kappa shape index (κ3) is 2.84. The van der Waals surface area contributed by atoms with Crippen molar-refractivity contribution in [3.63, 3.8) is 0 Å². The van der Waals surface area contributed by atoms with Crippen molar-refractivity contribution in [3.05, 3.63) is 23.3 Å². The molecule has 3 rings (SSSR count). The van der Waals surface area contributed by atoms with Crippen LogP contribution in [0.25, 0.3) is 0 Å². The monoisotopic (exact) mass is 364 g/mol. The van der Waals surface area contributed by atoms with Gasteiger partial charge in [-0.05, 0) is 25.0 Å². The molecule has 0 unspecified atom stereocenters. The summed E-state index contributed by atoms with van der Waals surface area (Å²) in [6, 6.07) is 0. The van der Waals surface area contributed by atoms with Crippen LogP contribution in [0.5, 0.6) is 0 Å². The molecule has 0 aromatic carbocycles. The SMILES string of the molecule is CC(=O)O[C@H]1[C@H]2[C@@H](OC(=O)[C@H]2C)[C@@H](OC(C)=O)C(C)=C2C=C[C@@](C)(O)[C@@H]21. The maximum atomic E-state index is 12.3. The van der Waals surface area contributed by atoms with Crippen molar-refractivity contribution in [2.24, 2.45) is 17.8 Å². The highest BCUT2D eigenvalue weighted by atomic mass is 16.6. The summed E-state index contributed by atoms with van der Waals surface area (Å²) in [4.78, 5) is 35.7. The van der Waals surface area contributed by atoms with Crippen LogP contribution in [-0.2, 0) is 28.6 Å². The van der Waals surface area contributed by atoms with Crippen LogP contribution in [0.4, 0.5) is 0 Å². The highest BCUT2D eigenvalue weighted by Gasteiger charge is 2.60. The average Bonchev–Trinajstić information content (AvgIpc) is 2.95. The van der Waals surface area contributed by atoms with Crippen LogP contribution >= 0.6 is 0 Å². The first-order valence-corrected chi connectivity index (χ1v) is 8.71. The Morgan fingerprint density at radius 1 is 1.23 bits per heavy atom. The Bertz CT molecular complexity index is 717. The van der Waals surface area contributed by atoms with E-state index < -0.39 is 59.6 Å². The van der Waals surface area contributed by atoms with Crippen molar-refractivity contribution >= 4 is 17.9 Å². The van der Waals surface area contributed by atoms with Gasteiger partial charge in [-0.25, -0.2) is 0 Å². The van der Waals surface area contributed by atoms with Gasteiger partial charge in [0.2, 0.25) is 0 Å². The number of carbonyl (C=O) groups excluding carboxylic acids is 3. The summed E-state index contributed by atoms with van der Waals surface area (Å²) in [5.74, 6) is -3.12. The van der Waals surface area contributed by atoms with Crippen LogP contribution < -0.4 is 0 Å². The van der Waals surface area contributed by atoms with Crippen LogP contribution in [0.1, 0.15) is 34.6 Å². The van der Waals surface area contributed by atoms with Gasteiger partial charge in [0.1, 0.15) is 12.2 Å². The van der Waals surface area contributed by atoms with Gasteiger partial charge in [0.15, 0.2) is 6.10 Å². The van der Waals surface area contributed by atoms with Crippen molar-refractivity contribution < 1.29 is 33.7 Å². The van der Waals surface area contributed by atoms with Gasteiger partial charge in [-0.3, -0.25) is 14.4 Å². The summed E-state index contributed by atoms with van der Waals surface area (Å²) in [5, 5.41) is 10.9. The molecule has 0 aromatic rings. The molecule has 3 aliphatic rings. The molecule has 0 radical (unpaired) electrons. The number of fused-ring (bicyclic) bond motifs is 2. The van der Waals surface area contributed by atoms with E-state index in [1.165, 1.54) is 13.8 Å². The smallest absolute Gasteiger partial charge is 0.309 e. The Morgan fingerprint density at radius 2 is 1.85 bits per heavy atom. The Labute approximate surface area is 152 Å². The fraction of sp³-hybridized carbons (Fsp3) is 0.632. The van der Waals surface area contributed by atoms with Gasteiger partial charge >= 0.3 is 17.9 Å². The van der Waals surface area contributed by atoms with E-state index in [0.29, 0.717) is 5.57 Å². The maximum absolute atomic E-state index is 12.3. The van der Waals surface area contributed by atoms with Crippen LogP contribution in [0.2, 0.25) is 0 Å². The molecule has 7 nitrogen and oxygen atoms in total. The van der Waals surface area contributed by atoms with Crippen LogP contribution in [-0.4, -0.2) is 46.9 Å². The average molecular weight is 364 g/mol. The van der Waals surface area contributed by atoms with Crippen molar-refractivity contribution in [2.45, 2.75) is 58.5 Å². The minimum absolute atomic E-state index is 0.434. The molecule has 1 N–H and O–H groups in total. The lowest BCUT2D eigenvalue weighted by atomic mass is 9.75. The number of hydrogen-bond donors (Lipinski definition) is 1. The number of aliphatic hydroxyl groups is 1. The standard InChI is InChI=1S/C19H24O7/c1-8-12-6-7-19(5,23)14(12)16(25-11(4)21)13-9(2)18(22)26-17(13)15(8)24-10(3)20/h6-7,9,13-17,23H,1-5H3/t9-,13-,14-,15-,16-,17+,19+/m0/s1. The normalized spacial score (nSPS) is 41.2. The molecule has 7 heteroatoms. The van der Waals surface area contributed by atoms with Crippen molar-refractivity contribution in [1.82, 2.24) is 0 Å². The zero-order valence-corrected chi connectivity index (χ0v) is 15.5. The first kappa shape index (κ1) is 18.6. The Kier molecular flexibility index (Phi) is 4.46. The molecule has 26 heavy (non-hydrogen) atoms. The topological polar surface area (TPSA) is 99.1 Å². The highest BCUT2D eigenvalue weighted by molar-refractivity contribution is 5.76. The summed E-state index contributed by atoms with van der Waals surface area (Å²) < 4.78 is 16.6. The molecule has 0 saturated carbocycles. The quantitative estimate of drug-likeness (QED) is 0.582. The fourth-order valence-electron chi connectivity index (χ4n) is 4.47. The number of rotatable bonds is 2. The van der Waals surface area contributed by atoms with Crippen molar-refractivity contribution in [3.8, 4) is 0 Å². The van der Waals surface area contributed by atoms with Crippen LogP contribution in [0, 0.1) is 17.8 Å². The fourth-order valence-corrected chi connectivity index (χ4v) is 4.47. The molecule has 0 bridgehead atoms. The Morgan fingerprint density at radius 3 is 2.42 bits per heavy atom. The predicted octanol–water partition coefficient (Wildman–Crippen LogP) is 1.29. The van der Waals surface area contributed by atoms with Crippen molar-refractivity contribution in [2.75, 3.05) is 0 Å². The molecule has 142 valence electrons. The van der Waals surface area contributed by atoms with Crippen LogP contribution in [0.15, 0.2) is 23.3 Å². The summed E-state index contributed by atoms with van der Waals surface area (Å²) in [6.07, 6.45) is 1.06. The Balaban J connectivity index is 2.18. The van der Waals surface area contributed by atoms with Gasteiger partial charge in [0.05, 0.1) is 23.4 Å². The first-order chi connectivity index (χ1) is 12.0. The van der Waals surface area contributed by atoms with E-state index in [-0.39, 0.29) is 0 Å². The van der Waals surface area contributed by atoms with E-state index in [2.05, 4.69) is 0 Å². The molecule has 1 saturated heterocycles. The van der Waals surface area contributed by atoms with E-state index in [4.69, 9.17) is 14.2 Å². The predicted molar refractivity (Wildman–Crippen MR) is 89.6 cm³/mol. The van der Waals surface area contributed by atoms with Gasteiger partial charge in [-0.2, -0.15) is 0 Å². The lowest BCUT2D eigenvalue weighted by Gasteiger charge is -2.36.